The van der Waals surface area contributed by atoms with E-state index >= 15 is 0 Å². The van der Waals surface area contributed by atoms with Gasteiger partial charge in [0, 0.05) is 19.8 Å². The van der Waals surface area contributed by atoms with Crippen LogP contribution in [0.15, 0.2) is 36.5 Å². The van der Waals surface area contributed by atoms with E-state index < -0.39 is 0 Å². The lowest BCUT2D eigenvalue weighted by Crippen LogP contribution is -2.30. The predicted molar refractivity (Wildman–Crippen MR) is 78.4 cm³/mol. The average Bonchev–Trinajstić information content (AvgIpc) is 2.80. The van der Waals surface area contributed by atoms with E-state index in [2.05, 4.69) is 4.98 Å². The summed E-state index contributed by atoms with van der Waals surface area (Å²) >= 11 is 5.25. The molecule has 0 bridgehead atoms. The first kappa shape index (κ1) is 13.5. The molecule has 100 valence electrons. The molecule has 2 aromatic rings. The number of hydrogen-bond acceptors (Lipinski definition) is 2. The molecule has 0 aliphatic heterocycles. The van der Waals surface area contributed by atoms with Crippen LogP contribution in [0.2, 0.25) is 0 Å². The van der Waals surface area contributed by atoms with Gasteiger partial charge in [0.1, 0.15) is 6.54 Å². The Kier molecular flexibility index (Phi) is 4.16. The molecule has 0 spiro atoms. The lowest BCUT2D eigenvalue weighted by atomic mass is 10.2. The molecule has 1 N–H and O–H groups in total. The van der Waals surface area contributed by atoms with Gasteiger partial charge >= 0.3 is 0 Å². The van der Waals surface area contributed by atoms with Crippen LogP contribution in [-0.2, 0) is 11.3 Å². The fourth-order valence-corrected chi connectivity index (χ4v) is 2.05. The smallest absolute Gasteiger partial charge is 0.242 e. The third kappa shape index (κ3) is 2.93. The molecule has 1 amide bonds. The number of rotatable bonds is 4. The van der Waals surface area contributed by atoms with Crippen molar-refractivity contribution in [3.63, 3.8) is 0 Å². The van der Waals surface area contributed by atoms with Gasteiger partial charge in [0.2, 0.25) is 5.91 Å². The monoisotopic (exact) mass is 275 g/mol. The number of aromatic nitrogens is 2. The van der Waals surface area contributed by atoms with Gasteiger partial charge < -0.3 is 14.5 Å². The maximum Gasteiger partial charge on any atom is 0.242 e. The van der Waals surface area contributed by atoms with E-state index in [1.165, 1.54) is 0 Å². The van der Waals surface area contributed by atoms with E-state index in [1.54, 1.807) is 11.9 Å². The lowest BCUT2D eigenvalue weighted by molar-refractivity contribution is -0.130. The van der Waals surface area contributed by atoms with Crippen LogP contribution in [-0.4, -0.2) is 34.0 Å². The van der Waals surface area contributed by atoms with Crippen molar-refractivity contribution in [3.05, 3.63) is 41.3 Å². The standard InChI is InChI=1S/C14H17N3OS/c1-3-16(2)13(18)10-17-12(9-15-14(17)19)11-7-5-4-6-8-11/h4-9H,3,10H2,1-2H3,(H,15,19). The Labute approximate surface area is 117 Å². The van der Waals surface area contributed by atoms with Crippen molar-refractivity contribution >= 4 is 18.1 Å². The second-order valence-electron chi connectivity index (χ2n) is 4.34. The van der Waals surface area contributed by atoms with Gasteiger partial charge in [-0.25, -0.2) is 0 Å². The van der Waals surface area contributed by atoms with Crippen LogP contribution < -0.4 is 0 Å². The summed E-state index contributed by atoms with van der Waals surface area (Å²) in [6, 6.07) is 9.90. The normalized spacial score (nSPS) is 10.4. The fourth-order valence-electron chi connectivity index (χ4n) is 1.83. The molecular formula is C14H17N3OS. The number of aromatic amines is 1. The molecule has 4 nitrogen and oxygen atoms in total. The van der Waals surface area contributed by atoms with Crippen LogP contribution in [0.1, 0.15) is 6.92 Å². The maximum atomic E-state index is 12.0. The summed E-state index contributed by atoms with van der Waals surface area (Å²) < 4.78 is 2.40. The summed E-state index contributed by atoms with van der Waals surface area (Å²) in [6.07, 6.45) is 1.84. The van der Waals surface area contributed by atoms with Crippen molar-refractivity contribution in [3.8, 4) is 11.3 Å². The topological polar surface area (TPSA) is 41.0 Å². The molecule has 0 aliphatic carbocycles. The number of nitrogens with one attached hydrogen (secondary N) is 1. The Hall–Kier alpha value is -1.88. The summed E-state index contributed by atoms with van der Waals surface area (Å²) in [5, 5.41) is 0. The van der Waals surface area contributed by atoms with Crippen molar-refractivity contribution in [2.75, 3.05) is 13.6 Å². The van der Waals surface area contributed by atoms with Gasteiger partial charge in [0.05, 0.1) is 5.69 Å². The van der Waals surface area contributed by atoms with Crippen molar-refractivity contribution in [2.24, 2.45) is 0 Å². The van der Waals surface area contributed by atoms with Crippen LogP contribution in [0.3, 0.4) is 0 Å². The minimum atomic E-state index is 0.0513. The number of hydrogen-bond donors (Lipinski definition) is 1. The molecule has 2 rings (SSSR count). The van der Waals surface area contributed by atoms with E-state index in [0.29, 0.717) is 11.3 Å². The molecule has 5 heteroatoms. The third-order valence-electron chi connectivity index (χ3n) is 3.13. The van der Waals surface area contributed by atoms with Crippen molar-refractivity contribution in [2.45, 2.75) is 13.5 Å². The van der Waals surface area contributed by atoms with Crippen molar-refractivity contribution < 1.29 is 4.79 Å². The summed E-state index contributed by atoms with van der Waals surface area (Å²) in [5.74, 6) is 0.0513. The quantitative estimate of drug-likeness (QED) is 0.872. The van der Waals surface area contributed by atoms with Gasteiger partial charge in [-0.3, -0.25) is 4.79 Å². The van der Waals surface area contributed by atoms with Crippen LogP contribution in [0.5, 0.6) is 0 Å². The fraction of sp³-hybridized carbons (Fsp3) is 0.286. The molecule has 1 heterocycles. The van der Waals surface area contributed by atoms with Gasteiger partial charge in [0.25, 0.3) is 0 Å². The second kappa shape index (κ2) is 5.84. The largest absolute Gasteiger partial charge is 0.344 e. The zero-order valence-corrected chi connectivity index (χ0v) is 11.9. The highest BCUT2D eigenvalue weighted by Crippen LogP contribution is 2.19. The molecule has 0 atom stereocenters. The highest BCUT2D eigenvalue weighted by molar-refractivity contribution is 7.71. The molecule has 19 heavy (non-hydrogen) atoms. The summed E-state index contributed by atoms with van der Waals surface area (Å²) in [6.45, 7) is 2.90. The molecule has 0 unspecified atom stereocenters. The van der Waals surface area contributed by atoms with Crippen molar-refractivity contribution in [1.82, 2.24) is 14.5 Å². The minimum Gasteiger partial charge on any atom is -0.344 e. The molecule has 1 aromatic heterocycles. The molecular weight excluding hydrogens is 258 g/mol. The first-order valence-corrected chi connectivity index (χ1v) is 6.62. The number of carbonyl (C=O) groups excluding carboxylic acids is 1. The summed E-state index contributed by atoms with van der Waals surface area (Å²) in [4.78, 5) is 16.7. The van der Waals surface area contributed by atoms with E-state index in [1.807, 2.05) is 48.0 Å². The Morgan fingerprint density at radius 1 is 1.37 bits per heavy atom. The third-order valence-corrected chi connectivity index (χ3v) is 3.47. The molecule has 1 aromatic carbocycles. The maximum absolute atomic E-state index is 12.0. The van der Waals surface area contributed by atoms with Gasteiger partial charge in [-0.2, -0.15) is 0 Å². The van der Waals surface area contributed by atoms with Crippen LogP contribution in [0.25, 0.3) is 11.3 Å². The second-order valence-corrected chi connectivity index (χ2v) is 4.73. The molecule has 0 aliphatic rings. The van der Waals surface area contributed by atoms with Gasteiger partial charge in [-0.15, -0.1) is 0 Å². The first-order valence-electron chi connectivity index (χ1n) is 6.21. The predicted octanol–water partition coefficient (Wildman–Crippen LogP) is 2.69. The highest BCUT2D eigenvalue weighted by atomic mass is 32.1. The van der Waals surface area contributed by atoms with Gasteiger partial charge in [0.15, 0.2) is 4.77 Å². The summed E-state index contributed by atoms with van der Waals surface area (Å²) in [5.41, 5.74) is 1.98. The molecule has 0 saturated carbocycles. The first-order chi connectivity index (χ1) is 9.13. The number of amides is 1. The number of likely N-dealkylation sites (N-methyl/N-ethyl adjacent to an activating group) is 1. The minimum absolute atomic E-state index is 0.0513. The zero-order chi connectivity index (χ0) is 13.8. The summed E-state index contributed by atoms with van der Waals surface area (Å²) in [7, 11) is 1.79. The van der Waals surface area contributed by atoms with Gasteiger partial charge in [-0.05, 0) is 24.7 Å². The lowest BCUT2D eigenvalue weighted by Gasteiger charge is -2.16. The van der Waals surface area contributed by atoms with Crippen LogP contribution >= 0.6 is 12.2 Å². The number of carbonyl (C=O) groups is 1. The van der Waals surface area contributed by atoms with Gasteiger partial charge in [-0.1, -0.05) is 30.3 Å². The average molecular weight is 275 g/mol. The van der Waals surface area contributed by atoms with E-state index in [0.717, 1.165) is 11.3 Å². The molecule has 0 radical (unpaired) electrons. The van der Waals surface area contributed by atoms with Crippen molar-refractivity contribution in [1.29, 1.82) is 0 Å². The van der Waals surface area contributed by atoms with E-state index in [-0.39, 0.29) is 12.5 Å². The number of nitrogens with zero attached hydrogens (tertiary/aromatic N) is 2. The zero-order valence-electron chi connectivity index (χ0n) is 11.1. The SMILES string of the molecule is CCN(C)C(=O)Cn1c(-c2ccccc2)c[nH]c1=S. The number of imidazole rings is 1. The Morgan fingerprint density at radius 3 is 2.68 bits per heavy atom. The Bertz CT molecular complexity index is 615. The van der Waals surface area contributed by atoms with Crippen LogP contribution in [0.4, 0.5) is 0 Å². The Balaban J connectivity index is 2.34. The number of H-pyrrole nitrogens is 1. The highest BCUT2D eigenvalue weighted by Gasteiger charge is 2.12. The van der Waals surface area contributed by atoms with Crippen LogP contribution in [0, 0.1) is 4.77 Å². The number of benzene rings is 1. The molecule has 0 saturated heterocycles. The molecule has 0 fully saturated rings. The van der Waals surface area contributed by atoms with E-state index in [4.69, 9.17) is 12.2 Å². The Morgan fingerprint density at radius 2 is 2.05 bits per heavy atom. The van der Waals surface area contributed by atoms with E-state index in [9.17, 15) is 4.79 Å².